The van der Waals surface area contributed by atoms with E-state index in [0.717, 1.165) is 5.69 Å². The van der Waals surface area contributed by atoms with E-state index in [0.29, 0.717) is 30.1 Å². The largest absolute Gasteiger partial charge is 0.465 e. The van der Waals surface area contributed by atoms with Crippen LogP contribution in [0.4, 0.5) is 0 Å². The van der Waals surface area contributed by atoms with Crippen LogP contribution in [0.2, 0.25) is 0 Å². The summed E-state index contributed by atoms with van der Waals surface area (Å²) in [7, 11) is 1.59. The van der Waals surface area contributed by atoms with Crippen LogP contribution in [0.15, 0.2) is 15.8 Å². The molecule has 0 spiro atoms. The van der Waals surface area contributed by atoms with Crippen LogP contribution >= 0.6 is 0 Å². The van der Waals surface area contributed by atoms with E-state index in [1.807, 2.05) is 20.8 Å². The maximum Gasteiger partial charge on any atom is 0.332 e. The number of hydrogen-bond donors (Lipinski definition) is 0. The molecular formula is C17H23N5O4. The molecule has 0 N–H and O–H groups in total. The van der Waals surface area contributed by atoms with Crippen LogP contribution in [-0.2, 0) is 29.7 Å². The molecule has 0 aliphatic carbocycles. The predicted molar refractivity (Wildman–Crippen MR) is 96.4 cm³/mol. The molecule has 3 heterocycles. The van der Waals surface area contributed by atoms with Crippen molar-refractivity contribution in [2.45, 2.75) is 40.8 Å². The second kappa shape index (κ2) is 6.47. The molecule has 9 heteroatoms. The number of hydrogen-bond acceptors (Lipinski definition) is 5. The lowest BCUT2D eigenvalue weighted by Crippen LogP contribution is -2.40. The zero-order valence-corrected chi connectivity index (χ0v) is 15.6. The molecule has 0 amide bonds. The molecule has 0 radical (unpaired) electrons. The highest BCUT2D eigenvalue weighted by Gasteiger charge is 2.21. The van der Waals surface area contributed by atoms with Gasteiger partial charge in [0.2, 0.25) is 5.78 Å². The third-order valence-electron chi connectivity index (χ3n) is 4.28. The fourth-order valence-electron chi connectivity index (χ4n) is 3.11. The van der Waals surface area contributed by atoms with Gasteiger partial charge < -0.3 is 9.30 Å². The van der Waals surface area contributed by atoms with Crippen LogP contribution < -0.4 is 11.2 Å². The molecule has 0 aromatic carbocycles. The predicted octanol–water partition coefficient (Wildman–Crippen LogP) is 0.677. The number of aryl methyl sites for hydroxylation is 2. The Bertz CT molecular complexity index is 1110. The van der Waals surface area contributed by atoms with E-state index < -0.39 is 5.69 Å². The summed E-state index contributed by atoms with van der Waals surface area (Å²) < 4.78 is 10.9. The molecule has 0 unspecified atom stereocenters. The molecule has 0 bridgehead atoms. The number of aromatic nitrogens is 5. The van der Waals surface area contributed by atoms with Crippen molar-refractivity contribution in [1.82, 2.24) is 23.1 Å². The van der Waals surface area contributed by atoms with E-state index in [2.05, 4.69) is 4.98 Å². The van der Waals surface area contributed by atoms with Crippen molar-refractivity contribution in [3.8, 4) is 0 Å². The van der Waals surface area contributed by atoms with Crippen LogP contribution in [-0.4, -0.2) is 35.7 Å². The molecular weight excluding hydrogens is 338 g/mol. The first-order valence-electron chi connectivity index (χ1n) is 8.59. The van der Waals surface area contributed by atoms with Gasteiger partial charge in [-0.15, -0.1) is 0 Å². The number of ether oxygens (including phenoxy) is 1. The van der Waals surface area contributed by atoms with E-state index in [1.54, 1.807) is 29.1 Å². The first kappa shape index (κ1) is 18.0. The molecule has 140 valence electrons. The van der Waals surface area contributed by atoms with E-state index >= 15 is 0 Å². The van der Waals surface area contributed by atoms with Gasteiger partial charge in [-0.1, -0.05) is 13.8 Å². The highest BCUT2D eigenvalue weighted by Crippen LogP contribution is 2.16. The summed E-state index contributed by atoms with van der Waals surface area (Å²) in [6.45, 7) is 8.08. The van der Waals surface area contributed by atoms with Crippen molar-refractivity contribution in [3.05, 3.63) is 32.7 Å². The Morgan fingerprint density at radius 3 is 2.58 bits per heavy atom. The standard InChI is InChI=1S/C17H23N5O4/c1-6-26-12(23)9-20-11(4)8-21-13-14(18-16(20)21)19(5)17(25)22(15(13)24)7-10(2)3/h8,10H,6-7,9H2,1-5H3. The van der Waals surface area contributed by atoms with Crippen molar-refractivity contribution >= 4 is 22.9 Å². The second-order valence-corrected chi connectivity index (χ2v) is 6.77. The molecule has 3 aromatic heterocycles. The van der Waals surface area contributed by atoms with Gasteiger partial charge in [-0.05, 0) is 19.8 Å². The number of esters is 1. The summed E-state index contributed by atoms with van der Waals surface area (Å²) in [5, 5.41) is 0. The smallest absolute Gasteiger partial charge is 0.332 e. The van der Waals surface area contributed by atoms with Gasteiger partial charge in [0.05, 0.1) is 6.61 Å². The Morgan fingerprint density at radius 1 is 1.27 bits per heavy atom. The van der Waals surface area contributed by atoms with Crippen LogP contribution in [0.25, 0.3) is 16.9 Å². The summed E-state index contributed by atoms with van der Waals surface area (Å²) in [4.78, 5) is 41.8. The molecule has 0 aliphatic rings. The minimum Gasteiger partial charge on any atom is -0.465 e. The van der Waals surface area contributed by atoms with Gasteiger partial charge in [0.25, 0.3) is 5.56 Å². The van der Waals surface area contributed by atoms with Gasteiger partial charge in [-0.2, -0.15) is 4.98 Å². The lowest BCUT2D eigenvalue weighted by Gasteiger charge is -2.09. The third-order valence-corrected chi connectivity index (χ3v) is 4.28. The van der Waals surface area contributed by atoms with Crippen LogP contribution in [0.3, 0.4) is 0 Å². The first-order chi connectivity index (χ1) is 12.3. The van der Waals surface area contributed by atoms with Gasteiger partial charge in [-0.25, -0.2) is 4.79 Å². The first-order valence-corrected chi connectivity index (χ1v) is 8.59. The lowest BCUT2D eigenvalue weighted by molar-refractivity contribution is -0.143. The summed E-state index contributed by atoms with van der Waals surface area (Å²) >= 11 is 0. The molecule has 0 saturated carbocycles. The van der Waals surface area contributed by atoms with Crippen molar-refractivity contribution < 1.29 is 9.53 Å². The lowest BCUT2D eigenvalue weighted by atomic mass is 10.2. The quantitative estimate of drug-likeness (QED) is 0.623. The minimum absolute atomic E-state index is 0.00632. The molecule has 0 aliphatic heterocycles. The summed E-state index contributed by atoms with van der Waals surface area (Å²) in [5.41, 5.74) is 0.621. The average molecular weight is 361 g/mol. The molecule has 0 saturated heterocycles. The monoisotopic (exact) mass is 361 g/mol. The maximum atomic E-state index is 12.9. The van der Waals surface area contributed by atoms with E-state index in [1.165, 1.54) is 9.13 Å². The van der Waals surface area contributed by atoms with E-state index in [4.69, 9.17) is 4.74 Å². The molecule has 0 atom stereocenters. The van der Waals surface area contributed by atoms with Crippen molar-refractivity contribution in [2.75, 3.05) is 6.61 Å². The Balaban J connectivity index is 2.30. The van der Waals surface area contributed by atoms with Gasteiger partial charge in [0.1, 0.15) is 6.54 Å². The van der Waals surface area contributed by atoms with Gasteiger partial charge in [0.15, 0.2) is 11.2 Å². The SMILES string of the molecule is CCOC(=O)Cn1c(C)cn2c3c(=O)n(CC(C)C)c(=O)n(C)c3nc12. The van der Waals surface area contributed by atoms with Crippen molar-refractivity contribution in [2.24, 2.45) is 13.0 Å². The molecule has 9 nitrogen and oxygen atoms in total. The molecule has 0 fully saturated rings. The Morgan fingerprint density at radius 2 is 1.96 bits per heavy atom. The van der Waals surface area contributed by atoms with Gasteiger partial charge in [-0.3, -0.25) is 23.1 Å². The molecule has 3 rings (SSSR count). The number of carbonyl (C=O) groups excluding carboxylic acids is 1. The minimum atomic E-state index is -0.398. The normalized spacial score (nSPS) is 11.8. The van der Waals surface area contributed by atoms with Crippen LogP contribution in [0.1, 0.15) is 26.5 Å². The van der Waals surface area contributed by atoms with Crippen molar-refractivity contribution in [3.63, 3.8) is 0 Å². The van der Waals surface area contributed by atoms with Gasteiger partial charge >= 0.3 is 11.7 Å². The van der Waals surface area contributed by atoms with Gasteiger partial charge in [0, 0.05) is 25.5 Å². The zero-order chi connectivity index (χ0) is 19.2. The number of imidazole rings is 2. The summed E-state index contributed by atoms with van der Waals surface area (Å²) in [6, 6.07) is 0. The fraction of sp³-hybridized carbons (Fsp3) is 0.529. The number of fused-ring (bicyclic) bond motifs is 3. The Labute approximate surface area is 149 Å². The topological polar surface area (TPSA) is 92.5 Å². The zero-order valence-electron chi connectivity index (χ0n) is 15.6. The number of rotatable bonds is 5. The second-order valence-electron chi connectivity index (χ2n) is 6.77. The maximum absolute atomic E-state index is 12.9. The van der Waals surface area contributed by atoms with Crippen LogP contribution in [0, 0.1) is 12.8 Å². The van der Waals surface area contributed by atoms with Crippen LogP contribution in [0.5, 0.6) is 0 Å². The number of nitrogens with zero attached hydrogens (tertiary/aromatic N) is 5. The van der Waals surface area contributed by atoms with E-state index in [9.17, 15) is 14.4 Å². The Hall–Kier alpha value is -2.84. The van der Waals surface area contributed by atoms with E-state index in [-0.39, 0.29) is 24.0 Å². The molecule has 26 heavy (non-hydrogen) atoms. The number of carbonyl (C=O) groups is 1. The Kier molecular flexibility index (Phi) is 4.47. The summed E-state index contributed by atoms with van der Waals surface area (Å²) in [5.74, 6) is 0.197. The summed E-state index contributed by atoms with van der Waals surface area (Å²) in [6.07, 6.45) is 1.75. The highest BCUT2D eigenvalue weighted by molar-refractivity contribution is 5.77. The third kappa shape index (κ3) is 2.73. The molecule has 3 aromatic rings. The average Bonchev–Trinajstić information content (AvgIpc) is 3.06. The fourth-order valence-corrected chi connectivity index (χ4v) is 3.11. The van der Waals surface area contributed by atoms with Crippen molar-refractivity contribution in [1.29, 1.82) is 0 Å². The highest BCUT2D eigenvalue weighted by atomic mass is 16.5.